The quantitative estimate of drug-likeness (QED) is 0.657. The van der Waals surface area contributed by atoms with Crippen molar-refractivity contribution in [1.82, 2.24) is 14.1 Å². The summed E-state index contributed by atoms with van der Waals surface area (Å²) in [7, 11) is -0.656. The Labute approximate surface area is 193 Å². The van der Waals surface area contributed by atoms with Crippen LogP contribution in [0.25, 0.3) is 0 Å². The number of hydrogen-bond acceptors (Lipinski definition) is 5. The van der Waals surface area contributed by atoms with Crippen molar-refractivity contribution >= 4 is 33.2 Å². The molecule has 3 rings (SSSR count). The molecule has 0 atom stereocenters. The first kappa shape index (κ1) is 24.6. The van der Waals surface area contributed by atoms with Crippen LogP contribution in [0.4, 0.5) is 10.1 Å². The highest BCUT2D eigenvalue weighted by atomic mass is 35.5. The highest BCUT2D eigenvalue weighted by Crippen LogP contribution is 2.23. The fourth-order valence-corrected chi connectivity index (χ4v) is 4.66. The standard InChI is InChI=1S/C22H28ClFN4O3S/c1-16-7-8-17(32(30,31)26(2)3)13-21(16)25-22(29)15-28-11-9-27(10-12-28)14-18-19(23)5-4-6-20(18)24/h4-8,13H,9-12,14-15H2,1-3H3,(H,25,29). The summed E-state index contributed by atoms with van der Waals surface area (Å²) in [5.41, 5.74) is 1.75. The second kappa shape index (κ2) is 10.3. The lowest BCUT2D eigenvalue weighted by atomic mass is 10.2. The molecule has 0 radical (unpaired) electrons. The van der Waals surface area contributed by atoms with Crippen molar-refractivity contribution in [1.29, 1.82) is 0 Å². The van der Waals surface area contributed by atoms with E-state index in [9.17, 15) is 17.6 Å². The van der Waals surface area contributed by atoms with E-state index in [-0.39, 0.29) is 23.2 Å². The van der Waals surface area contributed by atoms with Crippen LogP contribution in [0.5, 0.6) is 0 Å². The molecule has 2 aromatic carbocycles. The molecule has 1 amide bonds. The average molecular weight is 483 g/mol. The van der Waals surface area contributed by atoms with Gasteiger partial charge in [0.05, 0.1) is 11.4 Å². The SMILES string of the molecule is Cc1ccc(S(=O)(=O)N(C)C)cc1NC(=O)CN1CCN(Cc2c(F)cccc2Cl)CC1. The zero-order chi connectivity index (χ0) is 23.5. The first-order chi connectivity index (χ1) is 15.1. The van der Waals surface area contributed by atoms with Gasteiger partial charge in [-0.2, -0.15) is 0 Å². The Morgan fingerprint density at radius 3 is 2.41 bits per heavy atom. The molecule has 1 N–H and O–H groups in total. The van der Waals surface area contributed by atoms with Gasteiger partial charge in [0, 0.05) is 63.1 Å². The Morgan fingerprint density at radius 2 is 1.78 bits per heavy atom. The van der Waals surface area contributed by atoms with E-state index >= 15 is 0 Å². The number of aryl methyl sites for hydroxylation is 1. The molecule has 0 aliphatic carbocycles. The summed E-state index contributed by atoms with van der Waals surface area (Å²) >= 11 is 6.12. The van der Waals surface area contributed by atoms with Gasteiger partial charge in [0.1, 0.15) is 5.82 Å². The van der Waals surface area contributed by atoms with Crippen molar-refractivity contribution in [2.45, 2.75) is 18.4 Å². The van der Waals surface area contributed by atoms with Gasteiger partial charge in [-0.1, -0.05) is 23.7 Å². The summed E-state index contributed by atoms with van der Waals surface area (Å²) in [5.74, 6) is -0.522. The lowest BCUT2D eigenvalue weighted by molar-refractivity contribution is -0.117. The number of nitrogens with zero attached hydrogens (tertiary/aromatic N) is 3. The Kier molecular flexibility index (Phi) is 7.89. The summed E-state index contributed by atoms with van der Waals surface area (Å²) in [6.45, 7) is 5.13. The van der Waals surface area contributed by atoms with E-state index in [2.05, 4.69) is 10.2 Å². The summed E-state index contributed by atoms with van der Waals surface area (Å²) in [6.07, 6.45) is 0. The zero-order valence-corrected chi connectivity index (χ0v) is 20.0. The van der Waals surface area contributed by atoms with Gasteiger partial charge in [-0.15, -0.1) is 0 Å². The number of piperazine rings is 1. The molecule has 1 saturated heterocycles. The Bertz CT molecular complexity index is 1070. The minimum atomic E-state index is -3.59. The van der Waals surface area contributed by atoms with Gasteiger partial charge in [0.15, 0.2) is 0 Å². The number of carbonyl (C=O) groups excluding carboxylic acids is 1. The largest absolute Gasteiger partial charge is 0.325 e. The Hall–Kier alpha value is -2.04. The second-order valence-corrected chi connectivity index (χ2v) is 10.6. The van der Waals surface area contributed by atoms with Gasteiger partial charge in [-0.3, -0.25) is 14.6 Å². The van der Waals surface area contributed by atoms with Gasteiger partial charge >= 0.3 is 0 Å². The fraction of sp³-hybridized carbons (Fsp3) is 0.409. The van der Waals surface area contributed by atoms with Crippen molar-refractivity contribution in [2.75, 3.05) is 52.1 Å². The molecule has 1 aliphatic heterocycles. The molecular weight excluding hydrogens is 455 g/mol. The number of benzene rings is 2. The molecular formula is C22H28ClFN4O3S. The molecule has 0 saturated carbocycles. The molecule has 1 aliphatic rings. The van der Waals surface area contributed by atoms with Crippen molar-refractivity contribution in [3.63, 3.8) is 0 Å². The van der Waals surface area contributed by atoms with Gasteiger partial charge in [0.25, 0.3) is 0 Å². The van der Waals surface area contributed by atoms with Crippen LogP contribution >= 0.6 is 11.6 Å². The van der Waals surface area contributed by atoms with E-state index in [1.54, 1.807) is 18.2 Å². The van der Waals surface area contributed by atoms with Crippen LogP contribution in [-0.2, 0) is 21.4 Å². The van der Waals surface area contributed by atoms with Gasteiger partial charge in [0.2, 0.25) is 15.9 Å². The first-order valence-corrected chi connectivity index (χ1v) is 12.1. The predicted molar refractivity (Wildman–Crippen MR) is 124 cm³/mol. The van der Waals surface area contributed by atoms with Crippen LogP contribution in [0, 0.1) is 12.7 Å². The van der Waals surface area contributed by atoms with Crippen LogP contribution in [0.1, 0.15) is 11.1 Å². The van der Waals surface area contributed by atoms with Crippen molar-refractivity contribution < 1.29 is 17.6 Å². The molecule has 0 unspecified atom stereocenters. The molecule has 0 bridgehead atoms. The topological polar surface area (TPSA) is 73.0 Å². The van der Waals surface area contributed by atoms with E-state index in [4.69, 9.17) is 11.6 Å². The van der Waals surface area contributed by atoms with Crippen LogP contribution < -0.4 is 5.32 Å². The number of nitrogens with one attached hydrogen (secondary N) is 1. The fourth-order valence-electron chi connectivity index (χ4n) is 3.51. The van der Waals surface area contributed by atoms with E-state index in [0.717, 1.165) is 9.87 Å². The normalized spacial score (nSPS) is 15.8. The number of anilines is 1. The minimum Gasteiger partial charge on any atom is -0.325 e. The maximum absolute atomic E-state index is 14.0. The van der Waals surface area contributed by atoms with Crippen molar-refractivity contribution in [3.8, 4) is 0 Å². The van der Waals surface area contributed by atoms with E-state index in [0.29, 0.717) is 49.0 Å². The van der Waals surface area contributed by atoms with E-state index in [1.165, 1.54) is 32.3 Å². The van der Waals surface area contributed by atoms with Crippen molar-refractivity contribution in [2.24, 2.45) is 0 Å². The van der Waals surface area contributed by atoms with Crippen LogP contribution in [-0.4, -0.2) is 75.2 Å². The smallest absolute Gasteiger partial charge is 0.242 e. The number of sulfonamides is 1. The maximum atomic E-state index is 14.0. The molecule has 1 fully saturated rings. The number of rotatable bonds is 7. The summed E-state index contributed by atoms with van der Waals surface area (Å²) in [4.78, 5) is 16.9. The Morgan fingerprint density at radius 1 is 1.12 bits per heavy atom. The molecule has 0 spiro atoms. The lowest BCUT2D eigenvalue weighted by Gasteiger charge is -2.34. The third-order valence-corrected chi connectivity index (χ3v) is 7.70. The van der Waals surface area contributed by atoms with Gasteiger partial charge in [-0.25, -0.2) is 17.1 Å². The summed E-state index contributed by atoms with van der Waals surface area (Å²) < 4.78 is 39.9. The highest BCUT2D eigenvalue weighted by Gasteiger charge is 2.22. The molecule has 174 valence electrons. The molecule has 1 heterocycles. The monoisotopic (exact) mass is 482 g/mol. The number of carbonyl (C=O) groups is 1. The van der Waals surface area contributed by atoms with Crippen molar-refractivity contribution in [3.05, 3.63) is 58.4 Å². The third-order valence-electron chi connectivity index (χ3n) is 5.54. The molecule has 10 heteroatoms. The van der Waals surface area contributed by atoms with Crippen LogP contribution in [0.3, 0.4) is 0 Å². The van der Waals surface area contributed by atoms with Crippen LogP contribution in [0.15, 0.2) is 41.3 Å². The molecule has 32 heavy (non-hydrogen) atoms. The van der Waals surface area contributed by atoms with Gasteiger partial charge < -0.3 is 5.32 Å². The molecule has 7 nitrogen and oxygen atoms in total. The average Bonchev–Trinajstić information content (AvgIpc) is 2.73. The lowest BCUT2D eigenvalue weighted by Crippen LogP contribution is -2.48. The number of halogens is 2. The predicted octanol–water partition coefficient (Wildman–Crippen LogP) is 2.79. The van der Waals surface area contributed by atoms with E-state index in [1.807, 2.05) is 11.8 Å². The first-order valence-electron chi connectivity index (χ1n) is 10.3. The summed E-state index contributed by atoms with van der Waals surface area (Å²) in [6, 6.07) is 9.37. The highest BCUT2D eigenvalue weighted by molar-refractivity contribution is 7.89. The minimum absolute atomic E-state index is 0.129. The van der Waals surface area contributed by atoms with E-state index < -0.39 is 10.0 Å². The second-order valence-electron chi connectivity index (χ2n) is 8.06. The van der Waals surface area contributed by atoms with Crippen LogP contribution in [0.2, 0.25) is 5.02 Å². The van der Waals surface area contributed by atoms with Gasteiger partial charge in [-0.05, 0) is 36.8 Å². The summed E-state index contributed by atoms with van der Waals surface area (Å²) in [5, 5.41) is 3.25. The number of amides is 1. The Balaban J connectivity index is 1.56. The molecule has 2 aromatic rings. The zero-order valence-electron chi connectivity index (χ0n) is 18.4. The maximum Gasteiger partial charge on any atom is 0.242 e. The molecule has 0 aromatic heterocycles. The third kappa shape index (κ3) is 5.85. The number of hydrogen-bond donors (Lipinski definition) is 1.